The molecule has 0 spiro atoms. The van der Waals surface area contributed by atoms with Crippen LogP contribution in [0.1, 0.15) is 22.5 Å². The Morgan fingerprint density at radius 1 is 1.00 bits per heavy atom. The molecule has 4 heteroatoms. The van der Waals surface area contributed by atoms with Gasteiger partial charge in [0.2, 0.25) is 0 Å². The van der Waals surface area contributed by atoms with Crippen molar-refractivity contribution in [1.82, 2.24) is 4.98 Å². The fraction of sp³-hybridized carbons (Fsp3) is 0.267. The van der Waals surface area contributed by atoms with Gasteiger partial charge in [0, 0.05) is 17.0 Å². The summed E-state index contributed by atoms with van der Waals surface area (Å²) in [5.41, 5.74) is 2.38. The molecule has 0 aliphatic carbocycles. The van der Waals surface area contributed by atoms with E-state index in [1.165, 1.54) is 12.1 Å². The van der Waals surface area contributed by atoms with Crippen LogP contribution in [-0.4, -0.2) is 4.98 Å². The SMILES string of the molecule is Cc1cc(C)c(-c2ccccc2C(F)(F)F)c(C)n1. The molecule has 0 aliphatic heterocycles. The molecule has 2 rings (SSSR count). The van der Waals surface area contributed by atoms with Crippen LogP contribution < -0.4 is 0 Å². The maximum atomic E-state index is 13.1. The van der Waals surface area contributed by atoms with E-state index >= 15 is 0 Å². The Hall–Kier alpha value is -1.84. The summed E-state index contributed by atoms with van der Waals surface area (Å²) in [6.07, 6.45) is -4.36. The van der Waals surface area contributed by atoms with Crippen LogP contribution in [0.5, 0.6) is 0 Å². The molecule has 100 valence electrons. The molecular weight excluding hydrogens is 251 g/mol. The van der Waals surface area contributed by atoms with Crippen molar-refractivity contribution in [3.05, 3.63) is 52.8 Å². The molecule has 19 heavy (non-hydrogen) atoms. The quantitative estimate of drug-likeness (QED) is 0.728. The van der Waals surface area contributed by atoms with E-state index < -0.39 is 11.7 Å². The molecule has 0 saturated carbocycles. The largest absolute Gasteiger partial charge is 0.417 e. The number of pyridine rings is 1. The molecule has 0 aliphatic rings. The van der Waals surface area contributed by atoms with Crippen LogP contribution in [0.25, 0.3) is 11.1 Å². The first-order chi connectivity index (χ1) is 8.80. The minimum atomic E-state index is -4.36. The number of alkyl halides is 3. The lowest BCUT2D eigenvalue weighted by atomic mass is 9.94. The Labute approximate surface area is 110 Å². The van der Waals surface area contributed by atoms with Gasteiger partial charge in [-0.25, -0.2) is 0 Å². The van der Waals surface area contributed by atoms with Gasteiger partial charge in [-0.2, -0.15) is 13.2 Å². The molecule has 1 heterocycles. The second kappa shape index (κ2) is 4.68. The minimum absolute atomic E-state index is 0.192. The highest BCUT2D eigenvalue weighted by Crippen LogP contribution is 2.38. The van der Waals surface area contributed by atoms with Gasteiger partial charge in [0.05, 0.1) is 5.56 Å². The van der Waals surface area contributed by atoms with Gasteiger partial charge in [0.1, 0.15) is 0 Å². The molecule has 0 unspecified atom stereocenters. The summed E-state index contributed by atoms with van der Waals surface area (Å²) in [7, 11) is 0. The van der Waals surface area contributed by atoms with Gasteiger partial charge in [-0.3, -0.25) is 4.98 Å². The van der Waals surface area contributed by atoms with Gasteiger partial charge in [0.15, 0.2) is 0 Å². The first-order valence-electron chi connectivity index (χ1n) is 5.92. The van der Waals surface area contributed by atoms with Crippen molar-refractivity contribution in [2.45, 2.75) is 26.9 Å². The van der Waals surface area contributed by atoms with E-state index in [-0.39, 0.29) is 5.56 Å². The number of rotatable bonds is 1. The van der Waals surface area contributed by atoms with Crippen LogP contribution in [0.3, 0.4) is 0 Å². The highest BCUT2D eigenvalue weighted by molar-refractivity contribution is 5.73. The first-order valence-corrected chi connectivity index (χ1v) is 5.92. The summed E-state index contributed by atoms with van der Waals surface area (Å²) in [6.45, 7) is 5.38. The molecule has 0 atom stereocenters. The van der Waals surface area contributed by atoms with Crippen LogP contribution in [0.4, 0.5) is 13.2 Å². The number of aromatic nitrogens is 1. The Morgan fingerprint density at radius 2 is 1.63 bits per heavy atom. The zero-order valence-electron chi connectivity index (χ0n) is 11.0. The van der Waals surface area contributed by atoms with Crippen LogP contribution in [0.15, 0.2) is 30.3 Å². The maximum absolute atomic E-state index is 13.1. The lowest BCUT2D eigenvalue weighted by Gasteiger charge is -2.16. The van der Waals surface area contributed by atoms with E-state index in [1.807, 2.05) is 13.8 Å². The Bertz CT molecular complexity index is 592. The van der Waals surface area contributed by atoms with Crippen molar-refractivity contribution in [2.75, 3.05) is 0 Å². The molecular formula is C15H14F3N. The predicted molar refractivity (Wildman–Crippen MR) is 68.9 cm³/mol. The second-order valence-electron chi connectivity index (χ2n) is 4.58. The monoisotopic (exact) mass is 265 g/mol. The van der Waals surface area contributed by atoms with Gasteiger partial charge >= 0.3 is 6.18 Å². The molecule has 1 aromatic heterocycles. The highest BCUT2D eigenvalue weighted by atomic mass is 19.4. The maximum Gasteiger partial charge on any atom is 0.417 e. The van der Waals surface area contributed by atoms with Crippen molar-refractivity contribution in [3.63, 3.8) is 0 Å². The standard InChI is InChI=1S/C15H14F3N/c1-9-8-10(2)19-11(3)14(9)12-6-4-5-7-13(12)15(16,17)18/h4-8H,1-3H3. The van der Waals surface area contributed by atoms with Crippen LogP contribution in [0, 0.1) is 20.8 Å². The summed E-state index contributed by atoms with van der Waals surface area (Å²) in [4.78, 5) is 4.27. The van der Waals surface area contributed by atoms with Crippen LogP contribution in [-0.2, 0) is 6.18 Å². The predicted octanol–water partition coefficient (Wildman–Crippen LogP) is 4.69. The average Bonchev–Trinajstić information content (AvgIpc) is 2.26. The smallest absolute Gasteiger partial charge is 0.258 e. The zero-order chi connectivity index (χ0) is 14.2. The van der Waals surface area contributed by atoms with Gasteiger partial charge in [-0.15, -0.1) is 0 Å². The lowest BCUT2D eigenvalue weighted by molar-refractivity contribution is -0.137. The summed E-state index contributed by atoms with van der Waals surface area (Å²) in [5.74, 6) is 0. The summed E-state index contributed by atoms with van der Waals surface area (Å²) in [5, 5.41) is 0. The number of halogens is 3. The lowest BCUT2D eigenvalue weighted by Crippen LogP contribution is -2.08. The summed E-state index contributed by atoms with van der Waals surface area (Å²) >= 11 is 0. The van der Waals surface area contributed by atoms with Crippen molar-refractivity contribution < 1.29 is 13.2 Å². The molecule has 0 bridgehead atoms. The van der Waals surface area contributed by atoms with Crippen molar-refractivity contribution in [2.24, 2.45) is 0 Å². The molecule has 2 aromatic rings. The van der Waals surface area contributed by atoms with E-state index in [4.69, 9.17) is 0 Å². The molecule has 1 aromatic carbocycles. The molecule has 0 saturated heterocycles. The topological polar surface area (TPSA) is 12.9 Å². The van der Waals surface area contributed by atoms with Gasteiger partial charge in [-0.05, 0) is 44.0 Å². The van der Waals surface area contributed by atoms with E-state index in [9.17, 15) is 13.2 Å². The van der Waals surface area contributed by atoms with Crippen LogP contribution >= 0.6 is 0 Å². The van der Waals surface area contributed by atoms with Crippen LogP contribution in [0.2, 0.25) is 0 Å². The average molecular weight is 265 g/mol. The summed E-state index contributed by atoms with van der Waals surface area (Å²) < 4.78 is 39.2. The number of aryl methyl sites for hydroxylation is 3. The Morgan fingerprint density at radius 3 is 2.21 bits per heavy atom. The second-order valence-corrected chi connectivity index (χ2v) is 4.58. The Kier molecular flexibility index (Phi) is 3.35. The molecule has 0 fully saturated rings. The van der Waals surface area contributed by atoms with Gasteiger partial charge < -0.3 is 0 Å². The van der Waals surface area contributed by atoms with Gasteiger partial charge in [0.25, 0.3) is 0 Å². The van der Waals surface area contributed by atoms with Crippen molar-refractivity contribution >= 4 is 0 Å². The molecule has 0 radical (unpaired) electrons. The normalized spacial score (nSPS) is 11.7. The molecule has 0 N–H and O–H groups in total. The number of nitrogens with zero attached hydrogens (tertiary/aromatic N) is 1. The molecule has 0 amide bonds. The van der Waals surface area contributed by atoms with E-state index in [1.54, 1.807) is 19.1 Å². The van der Waals surface area contributed by atoms with E-state index in [0.717, 1.165) is 17.3 Å². The van der Waals surface area contributed by atoms with Crippen molar-refractivity contribution in [3.8, 4) is 11.1 Å². The van der Waals surface area contributed by atoms with Crippen molar-refractivity contribution in [1.29, 1.82) is 0 Å². The van der Waals surface area contributed by atoms with E-state index in [2.05, 4.69) is 4.98 Å². The Balaban J connectivity index is 2.74. The highest BCUT2D eigenvalue weighted by Gasteiger charge is 2.34. The molecule has 1 nitrogen and oxygen atoms in total. The summed E-state index contributed by atoms with van der Waals surface area (Å²) in [6, 6.07) is 7.42. The third-order valence-electron chi connectivity index (χ3n) is 3.03. The first kappa shape index (κ1) is 13.6. The number of hydrogen-bond acceptors (Lipinski definition) is 1. The number of hydrogen-bond donors (Lipinski definition) is 0. The number of benzene rings is 1. The van der Waals surface area contributed by atoms with Gasteiger partial charge in [-0.1, -0.05) is 18.2 Å². The minimum Gasteiger partial charge on any atom is -0.258 e. The van der Waals surface area contributed by atoms with E-state index in [0.29, 0.717) is 11.3 Å². The third kappa shape index (κ3) is 2.62. The zero-order valence-corrected chi connectivity index (χ0v) is 11.0. The fourth-order valence-electron chi connectivity index (χ4n) is 2.38. The fourth-order valence-corrected chi connectivity index (χ4v) is 2.38. The third-order valence-corrected chi connectivity index (χ3v) is 3.03.